The van der Waals surface area contributed by atoms with E-state index in [1.807, 2.05) is 24.3 Å². The molecule has 1 heterocycles. The molecule has 2 N–H and O–H groups in total. The van der Waals surface area contributed by atoms with Crippen molar-refractivity contribution in [1.29, 1.82) is 0 Å². The molecule has 4 nitrogen and oxygen atoms in total. The van der Waals surface area contributed by atoms with Crippen LogP contribution in [-0.2, 0) is 0 Å². The number of hydrogen-bond donors (Lipinski definition) is 0. The van der Waals surface area contributed by atoms with E-state index in [1.165, 1.54) is 0 Å². The van der Waals surface area contributed by atoms with Crippen molar-refractivity contribution in [2.75, 3.05) is 0 Å². The standard InChI is InChI=1S/C6H4N3.H2O/c1-2-4-6-5(3-1)7-9-8-6;/h1-4H;1H2. The molecule has 1 aromatic rings. The molecule has 0 spiro atoms. The van der Waals surface area contributed by atoms with Gasteiger partial charge in [0.2, 0.25) is 0 Å². The average molecular weight is 136 g/mol. The fraction of sp³-hybridized carbons (Fsp3) is 0. The molecule has 1 aliphatic heterocycles. The molecule has 2 rings (SSSR count). The Hall–Kier alpha value is -1.42. The Bertz CT molecular complexity index is 259. The molecule has 0 bridgehead atoms. The van der Waals surface area contributed by atoms with E-state index >= 15 is 0 Å². The molecular weight excluding hydrogens is 130 g/mol. The molecule has 0 aromatic heterocycles. The van der Waals surface area contributed by atoms with E-state index in [0.717, 1.165) is 11.4 Å². The lowest BCUT2D eigenvalue weighted by Crippen LogP contribution is -1.75. The van der Waals surface area contributed by atoms with Gasteiger partial charge in [-0.1, -0.05) is 12.1 Å². The quantitative estimate of drug-likeness (QED) is 0.512. The zero-order valence-corrected chi connectivity index (χ0v) is 5.15. The van der Waals surface area contributed by atoms with Gasteiger partial charge < -0.3 is 5.48 Å². The number of rotatable bonds is 0. The topological polar surface area (TPSA) is 70.3 Å². The van der Waals surface area contributed by atoms with Gasteiger partial charge in [0, 0.05) is 0 Å². The van der Waals surface area contributed by atoms with Crippen molar-refractivity contribution in [3.8, 4) is 0 Å². The molecule has 0 unspecified atom stereocenters. The van der Waals surface area contributed by atoms with Gasteiger partial charge in [-0.05, 0) is 17.4 Å². The second-order valence-electron chi connectivity index (χ2n) is 1.78. The lowest BCUT2D eigenvalue weighted by atomic mass is 10.3. The van der Waals surface area contributed by atoms with Crippen LogP contribution in [0.25, 0.3) is 0 Å². The smallest absolute Gasteiger partial charge is 0.115 e. The monoisotopic (exact) mass is 136 g/mol. The largest absolute Gasteiger partial charge is 0.412 e. The molecule has 1 radical (unpaired) electrons. The Balaban J connectivity index is 0.000000500. The minimum absolute atomic E-state index is 0. The molecular formula is C6H6N3O. The first-order chi connectivity index (χ1) is 4.47. The molecule has 51 valence electrons. The summed E-state index contributed by atoms with van der Waals surface area (Å²) >= 11 is 0. The van der Waals surface area contributed by atoms with Gasteiger partial charge in [-0.2, -0.15) is 0 Å². The maximum atomic E-state index is 3.76. The molecule has 0 saturated heterocycles. The highest BCUT2D eigenvalue weighted by molar-refractivity contribution is 5.61. The summed E-state index contributed by atoms with van der Waals surface area (Å²) in [6.07, 6.45) is 0. The summed E-state index contributed by atoms with van der Waals surface area (Å²) in [5.41, 5.74) is 5.48. The molecule has 0 aliphatic carbocycles. The van der Waals surface area contributed by atoms with E-state index in [2.05, 4.69) is 15.8 Å². The fourth-order valence-electron chi connectivity index (χ4n) is 0.752. The molecule has 0 atom stereocenters. The van der Waals surface area contributed by atoms with Gasteiger partial charge in [-0.25, -0.2) is 0 Å². The summed E-state index contributed by atoms with van der Waals surface area (Å²) in [6.45, 7) is 0. The maximum absolute atomic E-state index is 3.76. The second-order valence-corrected chi connectivity index (χ2v) is 1.78. The van der Waals surface area contributed by atoms with Crippen LogP contribution < -0.4 is 5.43 Å². The van der Waals surface area contributed by atoms with Crippen LogP contribution in [0.4, 0.5) is 11.4 Å². The van der Waals surface area contributed by atoms with Crippen LogP contribution in [0.1, 0.15) is 0 Å². The Morgan fingerprint density at radius 2 is 1.70 bits per heavy atom. The third-order valence-corrected chi connectivity index (χ3v) is 1.19. The van der Waals surface area contributed by atoms with E-state index in [-0.39, 0.29) is 5.48 Å². The first kappa shape index (κ1) is 6.70. The van der Waals surface area contributed by atoms with E-state index in [0.29, 0.717) is 0 Å². The Morgan fingerprint density at radius 1 is 1.00 bits per heavy atom. The zero-order valence-electron chi connectivity index (χ0n) is 5.15. The molecule has 0 saturated carbocycles. The predicted molar refractivity (Wildman–Crippen MR) is 36.4 cm³/mol. The number of nitrogens with zero attached hydrogens (tertiary/aromatic N) is 3. The lowest BCUT2D eigenvalue weighted by molar-refractivity contribution is 0.824. The Morgan fingerprint density at radius 3 is 2.40 bits per heavy atom. The third kappa shape index (κ3) is 0.844. The first-order valence-electron chi connectivity index (χ1n) is 2.67. The molecule has 4 heteroatoms. The normalized spacial score (nSPS) is 11.6. The average Bonchev–Trinajstić information content (AvgIpc) is 2.33. The SMILES string of the molecule is O.c1ccc2c(c1)[N]N=N2. The van der Waals surface area contributed by atoms with Gasteiger partial charge in [-0.3, -0.25) is 0 Å². The summed E-state index contributed by atoms with van der Waals surface area (Å²) in [7, 11) is 0. The number of benzene rings is 1. The van der Waals surface area contributed by atoms with Crippen molar-refractivity contribution in [2.24, 2.45) is 10.3 Å². The summed E-state index contributed by atoms with van der Waals surface area (Å²) in [5.74, 6) is 0. The molecule has 10 heavy (non-hydrogen) atoms. The number of fused-ring (bicyclic) bond motifs is 1. The van der Waals surface area contributed by atoms with Crippen LogP contribution in [-0.4, -0.2) is 5.48 Å². The van der Waals surface area contributed by atoms with Gasteiger partial charge in [0.15, 0.2) is 0 Å². The van der Waals surface area contributed by atoms with Crippen LogP contribution in [0.3, 0.4) is 0 Å². The Kier molecular flexibility index (Phi) is 1.64. The summed E-state index contributed by atoms with van der Waals surface area (Å²) < 4.78 is 0. The maximum Gasteiger partial charge on any atom is 0.115 e. The van der Waals surface area contributed by atoms with Gasteiger partial charge in [0.1, 0.15) is 11.4 Å². The van der Waals surface area contributed by atoms with Gasteiger partial charge in [0.25, 0.3) is 0 Å². The highest BCUT2D eigenvalue weighted by atomic mass is 16.0. The van der Waals surface area contributed by atoms with Crippen LogP contribution in [0.5, 0.6) is 0 Å². The summed E-state index contributed by atoms with van der Waals surface area (Å²) in [4.78, 5) is 0. The van der Waals surface area contributed by atoms with Gasteiger partial charge >= 0.3 is 0 Å². The van der Waals surface area contributed by atoms with Crippen LogP contribution in [0.2, 0.25) is 0 Å². The van der Waals surface area contributed by atoms with Gasteiger partial charge in [-0.15, -0.1) is 10.5 Å². The summed E-state index contributed by atoms with van der Waals surface area (Å²) in [6, 6.07) is 7.60. The molecule has 0 amide bonds. The Labute approximate surface area is 57.9 Å². The van der Waals surface area contributed by atoms with Crippen LogP contribution in [0.15, 0.2) is 34.6 Å². The van der Waals surface area contributed by atoms with Crippen molar-refractivity contribution in [2.45, 2.75) is 0 Å². The highest BCUT2D eigenvalue weighted by Crippen LogP contribution is 2.28. The second kappa shape index (κ2) is 2.45. The van der Waals surface area contributed by atoms with Crippen molar-refractivity contribution < 1.29 is 5.48 Å². The van der Waals surface area contributed by atoms with E-state index in [4.69, 9.17) is 0 Å². The molecule has 1 aliphatic rings. The zero-order chi connectivity index (χ0) is 6.10. The predicted octanol–water partition coefficient (Wildman–Crippen LogP) is 1.11. The highest BCUT2D eigenvalue weighted by Gasteiger charge is 2.05. The van der Waals surface area contributed by atoms with Crippen molar-refractivity contribution in [3.05, 3.63) is 24.3 Å². The van der Waals surface area contributed by atoms with Gasteiger partial charge in [0.05, 0.1) is 0 Å². The molecule has 0 fully saturated rings. The van der Waals surface area contributed by atoms with E-state index in [9.17, 15) is 0 Å². The van der Waals surface area contributed by atoms with Crippen molar-refractivity contribution in [1.82, 2.24) is 5.43 Å². The molecule has 1 aromatic carbocycles. The van der Waals surface area contributed by atoms with Crippen molar-refractivity contribution in [3.63, 3.8) is 0 Å². The first-order valence-corrected chi connectivity index (χ1v) is 2.67. The van der Waals surface area contributed by atoms with E-state index in [1.54, 1.807) is 0 Å². The third-order valence-electron chi connectivity index (χ3n) is 1.19. The lowest BCUT2D eigenvalue weighted by Gasteiger charge is -1.87. The van der Waals surface area contributed by atoms with E-state index < -0.39 is 0 Å². The minimum Gasteiger partial charge on any atom is -0.412 e. The number of hydrogen-bond acceptors (Lipinski definition) is 2. The fourth-order valence-corrected chi connectivity index (χ4v) is 0.752. The van der Waals surface area contributed by atoms with Crippen LogP contribution in [0, 0.1) is 0 Å². The van der Waals surface area contributed by atoms with Crippen molar-refractivity contribution >= 4 is 11.4 Å². The minimum atomic E-state index is 0. The summed E-state index contributed by atoms with van der Waals surface area (Å²) in [5, 5.41) is 7.26. The van der Waals surface area contributed by atoms with Crippen LogP contribution >= 0.6 is 0 Å².